The number of likely N-dealkylation sites (tertiary alicyclic amines) is 1. The van der Waals surface area contributed by atoms with Gasteiger partial charge in [0.2, 0.25) is 5.91 Å². The van der Waals surface area contributed by atoms with E-state index in [9.17, 15) is 4.79 Å². The Morgan fingerprint density at radius 1 is 1.44 bits per heavy atom. The van der Waals surface area contributed by atoms with Crippen LogP contribution in [0.4, 0.5) is 0 Å². The van der Waals surface area contributed by atoms with Crippen LogP contribution in [-0.4, -0.2) is 62.1 Å². The predicted octanol–water partition coefficient (Wildman–Crippen LogP) is 0.875. The number of aryl methyl sites for hydroxylation is 1. The molecule has 0 aliphatic carbocycles. The second-order valence-corrected chi connectivity index (χ2v) is 6.39. The van der Waals surface area contributed by atoms with Gasteiger partial charge in [-0.1, -0.05) is 5.21 Å². The Bertz CT molecular complexity index is 901. The van der Waals surface area contributed by atoms with Crippen LogP contribution in [0.15, 0.2) is 30.7 Å². The van der Waals surface area contributed by atoms with Crippen molar-refractivity contribution in [3.63, 3.8) is 0 Å². The SMILES string of the molecule is CO[C@@H]1CN(C(=O)Cc2c[nH]c3ncccc23)C[C@H]1c1cn(C)nn1. The predicted molar refractivity (Wildman–Crippen MR) is 90.9 cm³/mol. The Balaban J connectivity index is 1.51. The van der Waals surface area contributed by atoms with Gasteiger partial charge in [-0.25, -0.2) is 4.98 Å². The van der Waals surface area contributed by atoms with E-state index in [4.69, 9.17) is 4.74 Å². The maximum Gasteiger partial charge on any atom is 0.227 e. The van der Waals surface area contributed by atoms with Crippen LogP contribution in [0.25, 0.3) is 11.0 Å². The van der Waals surface area contributed by atoms with Gasteiger partial charge in [-0.15, -0.1) is 5.10 Å². The lowest BCUT2D eigenvalue weighted by molar-refractivity contribution is -0.129. The summed E-state index contributed by atoms with van der Waals surface area (Å²) >= 11 is 0. The molecule has 0 saturated carbocycles. The number of amides is 1. The summed E-state index contributed by atoms with van der Waals surface area (Å²) in [4.78, 5) is 22.0. The van der Waals surface area contributed by atoms with E-state index >= 15 is 0 Å². The molecule has 1 amide bonds. The van der Waals surface area contributed by atoms with Gasteiger partial charge in [-0.05, 0) is 17.7 Å². The first-order valence-corrected chi connectivity index (χ1v) is 8.23. The number of ether oxygens (including phenoxy) is 1. The van der Waals surface area contributed by atoms with Crippen molar-refractivity contribution >= 4 is 16.9 Å². The van der Waals surface area contributed by atoms with Crippen molar-refractivity contribution in [2.24, 2.45) is 7.05 Å². The Hall–Kier alpha value is -2.74. The van der Waals surface area contributed by atoms with Gasteiger partial charge in [0.25, 0.3) is 0 Å². The summed E-state index contributed by atoms with van der Waals surface area (Å²) in [6.07, 6.45) is 5.76. The van der Waals surface area contributed by atoms with E-state index in [1.54, 1.807) is 18.0 Å². The van der Waals surface area contributed by atoms with Crippen LogP contribution >= 0.6 is 0 Å². The van der Waals surface area contributed by atoms with Crippen LogP contribution in [-0.2, 0) is 23.0 Å². The number of pyridine rings is 1. The average molecular weight is 340 g/mol. The molecule has 1 aliphatic heterocycles. The van der Waals surface area contributed by atoms with Crippen molar-refractivity contribution in [1.29, 1.82) is 0 Å². The molecular formula is C17H20N6O2. The number of nitrogens with one attached hydrogen (secondary N) is 1. The molecule has 0 unspecified atom stereocenters. The zero-order valence-corrected chi connectivity index (χ0v) is 14.2. The van der Waals surface area contributed by atoms with E-state index in [1.807, 2.05) is 36.5 Å². The van der Waals surface area contributed by atoms with Crippen LogP contribution < -0.4 is 0 Å². The molecule has 4 rings (SSSR count). The molecule has 1 N–H and O–H groups in total. The fourth-order valence-corrected chi connectivity index (χ4v) is 3.47. The van der Waals surface area contributed by atoms with Gasteiger partial charge < -0.3 is 14.6 Å². The molecule has 0 spiro atoms. The largest absolute Gasteiger partial charge is 0.379 e. The number of methoxy groups -OCH3 is 1. The lowest BCUT2D eigenvalue weighted by atomic mass is 10.0. The molecule has 1 saturated heterocycles. The van der Waals surface area contributed by atoms with E-state index in [1.165, 1.54) is 0 Å². The van der Waals surface area contributed by atoms with Crippen molar-refractivity contribution in [3.8, 4) is 0 Å². The summed E-state index contributed by atoms with van der Waals surface area (Å²) in [6.45, 7) is 1.16. The maximum absolute atomic E-state index is 12.8. The van der Waals surface area contributed by atoms with Crippen molar-refractivity contribution < 1.29 is 9.53 Å². The summed E-state index contributed by atoms with van der Waals surface area (Å²) in [5.74, 6) is 0.130. The minimum absolute atomic E-state index is 0.0484. The van der Waals surface area contributed by atoms with Crippen molar-refractivity contribution in [2.75, 3.05) is 20.2 Å². The Morgan fingerprint density at radius 2 is 2.32 bits per heavy atom. The van der Waals surface area contributed by atoms with E-state index in [-0.39, 0.29) is 17.9 Å². The molecule has 3 aromatic heterocycles. The fourth-order valence-electron chi connectivity index (χ4n) is 3.47. The van der Waals surface area contributed by atoms with E-state index in [0.717, 1.165) is 22.3 Å². The number of fused-ring (bicyclic) bond motifs is 1. The van der Waals surface area contributed by atoms with Crippen LogP contribution in [0.1, 0.15) is 17.2 Å². The second kappa shape index (κ2) is 6.29. The molecule has 130 valence electrons. The fraction of sp³-hybridized carbons (Fsp3) is 0.412. The number of carbonyl (C=O) groups excluding carboxylic acids is 1. The van der Waals surface area contributed by atoms with E-state index in [2.05, 4.69) is 20.3 Å². The van der Waals surface area contributed by atoms with Crippen molar-refractivity contribution in [2.45, 2.75) is 18.4 Å². The van der Waals surface area contributed by atoms with Crippen LogP contribution in [0.5, 0.6) is 0 Å². The normalized spacial score (nSPS) is 20.5. The first kappa shape index (κ1) is 15.8. The minimum atomic E-state index is -0.0646. The van der Waals surface area contributed by atoms with Gasteiger partial charge in [0.1, 0.15) is 5.65 Å². The first-order chi connectivity index (χ1) is 12.2. The zero-order valence-electron chi connectivity index (χ0n) is 14.2. The third kappa shape index (κ3) is 2.89. The smallest absolute Gasteiger partial charge is 0.227 e. The van der Waals surface area contributed by atoms with Gasteiger partial charge in [0.15, 0.2) is 0 Å². The van der Waals surface area contributed by atoms with E-state index < -0.39 is 0 Å². The second-order valence-electron chi connectivity index (χ2n) is 6.39. The number of carbonyl (C=O) groups is 1. The minimum Gasteiger partial charge on any atom is -0.379 e. The molecule has 1 aliphatic rings. The van der Waals surface area contributed by atoms with Gasteiger partial charge in [-0.3, -0.25) is 9.48 Å². The topological polar surface area (TPSA) is 88.9 Å². The molecule has 0 aromatic carbocycles. The summed E-state index contributed by atoms with van der Waals surface area (Å²) in [6, 6.07) is 3.86. The monoisotopic (exact) mass is 340 g/mol. The Labute approximate surface area is 144 Å². The highest BCUT2D eigenvalue weighted by Crippen LogP contribution is 2.29. The first-order valence-electron chi connectivity index (χ1n) is 8.23. The molecule has 1 fully saturated rings. The highest BCUT2D eigenvalue weighted by atomic mass is 16.5. The highest BCUT2D eigenvalue weighted by molar-refractivity contribution is 5.87. The van der Waals surface area contributed by atoms with Gasteiger partial charge >= 0.3 is 0 Å². The number of hydrogen-bond donors (Lipinski definition) is 1. The van der Waals surface area contributed by atoms with Gasteiger partial charge in [0.05, 0.1) is 24.1 Å². The average Bonchev–Trinajstić information content (AvgIpc) is 3.33. The summed E-state index contributed by atoms with van der Waals surface area (Å²) < 4.78 is 7.26. The molecule has 2 atom stereocenters. The maximum atomic E-state index is 12.8. The number of aromatic amines is 1. The standard InChI is InChI=1S/C17H20N6O2/c1-22-9-14(20-21-22)13-8-23(10-15(13)25-2)16(24)6-11-7-19-17-12(11)4-3-5-18-17/h3-5,7,9,13,15H,6,8,10H2,1-2H3,(H,18,19)/t13-,15+/m0/s1. The molecule has 0 radical (unpaired) electrons. The van der Waals surface area contributed by atoms with E-state index in [0.29, 0.717) is 19.5 Å². The summed E-state index contributed by atoms with van der Waals surface area (Å²) in [7, 11) is 3.51. The third-order valence-corrected chi connectivity index (χ3v) is 4.80. The van der Waals surface area contributed by atoms with Crippen LogP contribution in [0, 0.1) is 0 Å². The molecule has 3 aromatic rings. The molecule has 8 nitrogen and oxygen atoms in total. The van der Waals surface area contributed by atoms with Gasteiger partial charge in [-0.2, -0.15) is 0 Å². The lowest BCUT2D eigenvalue weighted by Crippen LogP contribution is -2.31. The number of rotatable bonds is 4. The molecule has 0 bridgehead atoms. The van der Waals surface area contributed by atoms with Crippen LogP contribution in [0.2, 0.25) is 0 Å². The molecular weight excluding hydrogens is 320 g/mol. The number of aromatic nitrogens is 5. The third-order valence-electron chi connectivity index (χ3n) is 4.80. The highest BCUT2D eigenvalue weighted by Gasteiger charge is 2.37. The summed E-state index contributed by atoms with van der Waals surface area (Å²) in [5, 5.41) is 9.17. The quantitative estimate of drug-likeness (QED) is 0.761. The summed E-state index contributed by atoms with van der Waals surface area (Å²) in [5.41, 5.74) is 2.63. The number of H-pyrrole nitrogens is 1. The van der Waals surface area contributed by atoms with Crippen molar-refractivity contribution in [3.05, 3.63) is 42.0 Å². The van der Waals surface area contributed by atoms with Gasteiger partial charge in [0, 0.05) is 51.2 Å². The molecule has 8 heteroatoms. The Morgan fingerprint density at radius 3 is 3.08 bits per heavy atom. The molecule has 4 heterocycles. The number of hydrogen-bond acceptors (Lipinski definition) is 5. The lowest BCUT2D eigenvalue weighted by Gasteiger charge is -2.15. The van der Waals surface area contributed by atoms with Crippen LogP contribution in [0.3, 0.4) is 0 Å². The van der Waals surface area contributed by atoms with Crippen molar-refractivity contribution in [1.82, 2.24) is 29.9 Å². The Kier molecular flexibility index (Phi) is 3.96. The number of nitrogens with zero attached hydrogens (tertiary/aromatic N) is 5. The zero-order chi connectivity index (χ0) is 17.4. The molecule has 25 heavy (non-hydrogen) atoms.